The summed E-state index contributed by atoms with van der Waals surface area (Å²) in [7, 11) is 3.92. The summed E-state index contributed by atoms with van der Waals surface area (Å²) in [5, 5.41) is 7.33. The quantitative estimate of drug-likeness (QED) is 0.520. The molecular weight excluding hydrogens is 457 g/mol. The van der Waals surface area contributed by atoms with Gasteiger partial charge in [-0.2, -0.15) is 18.2 Å². The minimum atomic E-state index is -4.53. The van der Waals surface area contributed by atoms with E-state index in [-0.39, 0.29) is 17.3 Å². The van der Waals surface area contributed by atoms with E-state index in [0.717, 1.165) is 48.5 Å². The number of para-hydroxylation sites is 1. The maximum Gasteiger partial charge on any atom is 0.433 e. The molecule has 0 unspecified atom stereocenters. The second-order valence-electron chi connectivity index (χ2n) is 9.18. The first-order valence-electron chi connectivity index (χ1n) is 11.7. The number of aromatic nitrogens is 3. The van der Waals surface area contributed by atoms with E-state index in [1.54, 1.807) is 0 Å². The summed E-state index contributed by atoms with van der Waals surface area (Å²) in [4.78, 5) is 27.4. The monoisotopic (exact) mass is 486 g/mol. The maximum atomic E-state index is 12.8. The van der Waals surface area contributed by atoms with Crippen LogP contribution in [0.4, 0.5) is 24.9 Å². The molecule has 35 heavy (non-hydrogen) atoms. The van der Waals surface area contributed by atoms with Gasteiger partial charge in [0.05, 0.1) is 16.8 Å². The number of nitrogens with one attached hydrogen (secondary N) is 2. The Balaban J connectivity index is 1.31. The van der Waals surface area contributed by atoms with Gasteiger partial charge in [0.25, 0.3) is 5.91 Å². The molecule has 0 atom stereocenters. The van der Waals surface area contributed by atoms with Gasteiger partial charge in [0.15, 0.2) is 0 Å². The van der Waals surface area contributed by atoms with Crippen molar-refractivity contribution in [3.8, 4) is 0 Å². The van der Waals surface area contributed by atoms with Gasteiger partial charge in [-0.15, -0.1) is 0 Å². The van der Waals surface area contributed by atoms with Gasteiger partial charge in [0, 0.05) is 32.1 Å². The molecule has 2 aromatic heterocycles. The van der Waals surface area contributed by atoms with Crippen molar-refractivity contribution in [1.82, 2.24) is 20.3 Å². The molecule has 2 N–H and O–H groups in total. The molecule has 10 heteroatoms. The predicted octanol–water partition coefficient (Wildman–Crippen LogP) is 4.82. The van der Waals surface area contributed by atoms with Crippen molar-refractivity contribution >= 4 is 28.6 Å². The first-order chi connectivity index (χ1) is 16.6. The number of pyridine rings is 1. The topological polar surface area (TPSA) is 83.0 Å². The molecule has 7 nitrogen and oxygen atoms in total. The van der Waals surface area contributed by atoms with E-state index >= 15 is 0 Å². The normalized spacial score (nSPS) is 18.3. The van der Waals surface area contributed by atoms with Crippen molar-refractivity contribution in [1.29, 1.82) is 0 Å². The smallest absolute Gasteiger partial charge is 0.362 e. The molecule has 3 aromatic rings. The van der Waals surface area contributed by atoms with Gasteiger partial charge < -0.3 is 15.5 Å². The van der Waals surface area contributed by atoms with Crippen LogP contribution in [0.1, 0.15) is 47.4 Å². The number of anilines is 2. The lowest BCUT2D eigenvalue weighted by molar-refractivity contribution is -0.141. The number of fused-ring (bicyclic) bond motifs is 1. The van der Waals surface area contributed by atoms with Crippen LogP contribution in [0.15, 0.2) is 36.4 Å². The number of amides is 1. The van der Waals surface area contributed by atoms with E-state index < -0.39 is 17.8 Å². The number of halogens is 3. The third kappa shape index (κ3) is 5.80. The van der Waals surface area contributed by atoms with Gasteiger partial charge in [-0.3, -0.25) is 4.79 Å². The average Bonchev–Trinajstić information content (AvgIpc) is 2.82. The predicted molar refractivity (Wildman–Crippen MR) is 130 cm³/mol. The molecule has 1 aromatic carbocycles. The highest BCUT2D eigenvalue weighted by atomic mass is 19.4. The average molecular weight is 487 g/mol. The molecule has 4 rings (SSSR count). The number of benzene rings is 1. The summed E-state index contributed by atoms with van der Waals surface area (Å²) in [6, 6.07) is 10.2. The van der Waals surface area contributed by atoms with Crippen LogP contribution in [0, 0.1) is 12.8 Å². The lowest BCUT2D eigenvalue weighted by atomic mass is 9.86. The van der Waals surface area contributed by atoms with Crippen molar-refractivity contribution in [3.05, 3.63) is 53.3 Å². The molecule has 1 saturated carbocycles. The molecule has 0 bridgehead atoms. The first kappa shape index (κ1) is 24.7. The highest BCUT2D eigenvalue weighted by molar-refractivity contribution is 5.95. The molecule has 2 heterocycles. The van der Waals surface area contributed by atoms with Crippen LogP contribution in [0.5, 0.6) is 0 Å². The van der Waals surface area contributed by atoms with Crippen LogP contribution in [0.3, 0.4) is 0 Å². The van der Waals surface area contributed by atoms with Crippen LogP contribution in [0.2, 0.25) is 0 Å². The number of hydrogen-bond donors (Lipinski definition) is 2. The second-order valence-corrected chi connectivity index (χ2v) is 9.18. The number of alkyl halides is 3. The standard InChI is InChI=1S/C25H29F3N6O/c1-15-18(12-13-21(30-15)25(26,27)28)23(35)29-14-16-8-10-17(11-9-16)31-24-32-20-7-5-4-6-19(20)22(33-24)34(2)3/h4-7,12-13,16-17H,8-11,14H2,1-3H3,(H,29,35)(H,31,32,33). The van der Waals surface area contributed by atoms with Crippen molar-refractivity contribution in [3.63, 3.8) is 0 Å². The van der Waals surface area contributed by atoms with Crippen LogP contribution in [-0.2, 0) is 6.18 Å². The summed E-state index contributed by atoms with van der Waals surface area (Å²) >= 11 is 0. The summed E-state index contributed by atoms with van der Waals surface area (Å²) in [5.74, 6) is 1.37. The maximum absolute atomic E-state index is 12.8. The first-order valence-corrected chi connectivity index (χ1v) is 11.7. The molecule has 0 aliphatic heterocycles. The summed E-state index contributed by atoms with van der Waals surface area (Å²) in [6.07, 6.45) is -0.880. The Labute approximate surface area is 202 Å². The fraction of sp³-hybridized carbons (Fsp3) is 0.440. The van der Waals surface area contributed by atoms with Gasteiger partial charge in [0.1, 0.15) is 11.5 Å². The molecule has 0 spiro atoms. The van der Waals surface area contributed by atoms with Crippen molar-refractivity contribution in [2.24, 2.45) is 5.92 Å². The van der Waals surface area contributed by atoms with Crippen LogP contribution in [0.25, 0.3) is 10.9 Å². The van der Waals surface area contributed by atoms with E-state index in [9.17, 15) is 18.0 Å². The minimum absolute atomic E-state index is 0.0673. The van der Waals surface area contributed by atoms with Crippen LogP contribution < -0.4 is 15.5 Å². The number of carbonyl (C=O) groups excluding carboxylic acids is 1. The van der Waals surface area contributed by atoms with Gasteiger partial charge in [-0.1, -0.05) is 12.1 Å². The lowest BCUT2D eigenvalue weighted by Crippen LogP contribution is -2.34. The molecule has 1 amide bonds. The summed E-state index contributed by atoms with van der Waals surface area (Å²) in [6.45, 7) is 1.89. The van der Waals surface area contributed by atoms with E-state index in [1.807, 2.05) is 43.3 Å². The summed E-state index contributed by atoms with van der Waals surface area (Å²) in [5.41, 5.74) is 0.125. The van der Waals surface area contributed by atoms with Crippen molar-refractivity contribution in [2.45, 2.75) is 44.8 Å². The number of nitrogens with zero attached hydrogens (tertiary/aromatic N) is 4. The molecule has 1 fully saturated rings. The Morgan fingerprint density at radius 1 is 1.03 bits per heavy atom. The van der Waals surface area contributed by atoms with Gasteiger partial charge in [-0.25, -0.2) is 9.97 Å². The Kier molecular flexibility index (Phi) is 7.09. The number of carbonyl (C=O) groups is 1. The van der Waals surface area contributed by atoms with Crippen LogP contribution >= 0.6 is 0 Å². The zero-order valence-corrected chi connectivity index (χ0v) is 20.0. The van der Waals surface area contributed by atoms with Crippen LogP contribution in [-0.4, -0.2) is 47.5 Å². The van der Waals surface area contributed by atoms with E-state index in [1.165, 1.54) is 13.0 Å². The number of rotatable bonds is 6. The third-order valence-corrected chi connectivity index (χ3v) is 6.36. The highest BCUT2D eigenvalue weighted by Crippen LogP contribution is 2.29. The zero-order valence-electron chi connectivity index (χ0n) is 20.0. The fourth-order valence-corrected chi connectivity index (χ4v) is 4.45. The molecule has 0 saturated heterocycles. The van der Waals surface area contributed by atoms with Gasteiger partial charge in [0.2, 0.25) is 5.95 Å². The van der Waals surface area contributed by atoms with E-state index in [4.69, 9.17) is 4.98 Å². The Hall–Kier alpha value is -3.43. The van der Waals surface area contributed by atoms with E-state index in [0.29, 0.717) is 18.4 Å². The molecule has 1 aliphatic rings. The fourth-order valence-electron chi connectivity index (χ4n) is 4.45. The number of hydrogen-bond acceptors (Lipinski definition) is 6. The van der Waals surface area contributed by atoms with Crippen molar-refractivity contribution in [2.75, 3.05) is 30.9 Å². The second kappa shape index (κ2) is 10.1. The van der Waals surface area contributed by atoms with Gasteiger partial charge in [-0.05, 0) is 62.8 Å². The lowest BCUT2D eigenvalue weighted by Gasteiger charge is -2.29. The SMILES string of the molecule is Cc1nc(C(F)(F)F)ccc1C(=O)NCC1CCC(Nc2nc(N(C)C)c3ccccc3n2)CC1. The molecule has 0 radical (unpaired) electrons. The molecule has 1 aliphatic carbocycles. The molecular formula is C25H29F3N6O. The van der Waals surface area contributed by atoms with E-state index in [2.05, 4.69) is 20.6 Å². The Morgan fingerprint density at radius 3 is 2.40 bits per heavy atom. The Morgan fingerprint density at radius 2 is 1.74 bits per heavy atom. The van der Waals surface area contributed by atoms with Gasteiger partial charge >= 0.3 is 6.18 Å². The Bertz CT molecular complexity index is 1210. The number of aryl methyl sites for hydroxylation is 1. The van der Waals surface area contributed by atoms with Crippen molar-refractivity contribution < 1.29 is 18.0 Å². The third-order valence-electron chi connectivity index (χ3n) is 6.36. The minimum Gasteiger partial charge on any atom is -0.362 e. The highest BCUT2D eigenvalue weighted by Gasteiger charge is 2.33. The largest absolute Gasteiger partial charge is 0.433 e. The molecule has 186 valence electrons. The zero-order chi connectivity index (χ0) is 25.2. The summed E-state index contributed by atoms with van der Waals surface area (Å²) < 4.78 is 38.4.